The molecule has 0 aromatic rings. The summed E-state index contributed by atoms with van der Waals surface area (Å²) in [4.78, 5) is 26.0. The van der Waals surface area contributed by atoms with Gasteiger partial charge >= 0.3 is 5.97 Å². The number of nitrogens with zero attached hydrogens (tertiary/aromatic N) is 2. The fourth-order valence-corrected chi connectivity index (χ4v) is 1.59. The summed E-state index contributed by atoms with van der Waals surface area (Å²) >= 11 is 0. The molecule has 0 saturated carbocycles. The highest BCUT2D eigenvalue weighted by Gasteiger charge is 2.18. The quantitative estimate of drug-likeness (QED) is 0.689. The van der Waals surface area contributed by atoms with Crippen molar-refractivity contribution in [3.8, 4) is 0 Å². The van der Waals surface area contributed by atoms with Crippen LogP contribution in [0.3, 0.4) is 0 Å². The van der Waals surface area contributed by atoms with Crippen LogP contribution in [-0.2, 0) is 9.59 Å². The van der Waals surface area contributed by atoms with Crippen molar-refractivity contribution in [2.75, 3.05) is 32.7 Å². The van der Waals surface area contributed by atoms with E-state index in [0.717, 1.165) is 19.6 Å². The summed E-state index contributed by atoms with van der Waals surface area (Å²) in [5.41, 5.74) is 0. The first kappa shape index (κ1) is 15.9. The molecule has 0 bridgehead atoms. The van der Waals surface area contributed by atoms with Gasteiger partial charge in [-0.1, -0.05) is 20.8 Å². The number of carbonyl (C=O) groups excluding carboxylic acids is 1. The molecule has 1 N–H and O–H groups in total. The molecule has 0 fully saturated rings. The summed E-state index contributed by atoms with van der Waals surface area (Å²) < 4.78 is 0. The van der Waals surface area contributed by atoms with E-state index in [0.29, 0.717) is 6.54 Å². The number of likely N-dealkylation sites (N-methyl/N-ethyl adjacent to an activating group) is 1. The zero-order valence-corrected chi connectivity index (χ0v) is 11.3. The van der Waals surface area contributed by atoms with Gasteiger partial charge in [0.1, 0.15) is 0 Å². The Kier molecular flexibility index (Phi) is 7.54. The summed E-state index contributed by atoms with van der Waals surface area (Å²) in [7, 11) is 0. The lowest BCUT2D eigenvalue weighted by atomic mass is 10.1. The number of carbonyl (C=O) groups is 2. The molecule has 0 aliphatic rings. The second-order valence-corrected chi connectivity index (χ2v) is 4.23. The van der Waals surface area contributed by atoms with Gasteiger partial charge < -0.3 is 14.9 Å². The van der Waals surface area contributed by atoms with Crippen LogP contribution >= 0.6 is 0 Å². The fraction of sp³-hybridized carbons (Fsp3) is 0.833. The molecule has 1 atom stereocenters. The van der Waals surface area contributed by atoms with Gasteiger partial charge in [-0.3, -0.25) is 9.59 Å². The maximum Gasteiger partial charge on any atom is 0.308 e. The Morgan fingerprint density at radius 3 is 2.06 bits per heavy atom. The van der Waals surface area contributed by atoms with E-state index >= 15 is 0 Å². The molecule has 0 aromatic carbocycles. The molecule has 0 heterocycles. The summed E-state index contributed by atoms with van der Waals surface area (Å²) in [5.74, 6) is -1.44. The molecule has 1 amide bonds. The minimum Gasteiger partial charge on any atom is -0.481 e. The Bertz CT molecular complexity index is 252. The molecule has 100 valence electrons. The average Bonchev–Trinajstić information content (AvgIpc) is 2.27. The van der Waals surface area contributed by atoms with E-state index in [2.05, 4.69) is 18.7 Å². The summed E-state index contributed by atoms with van der Waals surface area (Å²) in [6.45, 7) is 10.8. The number of hydrogen-bond acceptors (Lipinski definition) is 3. The van der Waals surface area contributed by atoms with Crippen LogP contribution in [0.15, 0.2) is 0 Å². The maximum atomic E-state index is 11.4. The standard InChI is InChI=1S/C12H24N2O3/c1-5-13(6-2)7-8-14(11(4)15)9-10(3)12(16)17/h10H,5-9H2,1-4H3,(H,16,17). The van der Waals surface area contributed by atoms with Crippen molar-refractivity contribution >= 4 is 11.9 Å². The van der Waals surface area contributed by atoms with Gasteiger partial charge in [-0.2, -0.15) is 0 Å². The predicted octanol–water partition coefficient (Wildman–Crippen LogP) is 0.897. The molecule has 0 radical (unpaired) electrons. The van der Waals surface area contributed by atoms with Gasteiger partial charge in [-0.15, -0.1) is 0 Å². The fourth-order valence-electron chi connectivity index (χ4n) is 1.59. The molecule has 17 heavy (non-hydrogen) atoms. The highest BCUT2D eigenvalue weighted by atomic mass is 16.4. The molecule has 0 saturated heterocycles. The number of aliphatic carboxylic acids is 1. The van der Waals surface area contributed by atoms with Crippen molar-refractivity contribution in [2.24, 2.45) is 5.92 Å². The van der Waals surface area contributed by atoms with Gasteiger partial charge in [0.2, 0.25) is 5.91 Å². The third kappa shape index (κ3) is 6.26. The van der Waals surface area contributed by atoms with Crippen LogP contribution in [0.4, 0.5) is 0 Å². The number of amides is 1. The van der Waals surface area contributed by atoms with Gasteiger partial charge in [0.05, 0.1) is 5.92 Å². The van der Waals surface area contributed by atoms with Crippen molar-refractivity contribution in [3.05, 3.63) is 0 Å². The van der Waals surface area contributed by atoms with Gasteiger partial charge in [0, 0.05) is 26.6 Å². The monoisotopic (exact) mass is 244 g/mol. The number of carboxylic acids is 1. The Labute approximate surface area is 103 Å². The molecule has 0 rings (SSSR count). The molecular formula is C12H24N2O3. The first-order chi connectivity index (χ1) is 7.92. The minimum atomic E-state index is -0.862. The summed E-state index contributed by atoms with van der Waals surface area (Å²) in [6.07, 6.45) is 0. The van der Waals surface area contributed by atoms with Crippen molar-refractivity contribution < 1.29 is 14.7 Å². The van der Waals surface area contributed by atoms with E-state index in [4.69, 9.17) is 5.11 Å². The lowest BCUT2D eigenvalue weighted by Crippen LogP contribution is -2.41. The largest absolute Gasteiger partial charge is 0.481 e. The van der Waals surface area contributed by atoms with Crippen LogP contribution in [0.25, 0.3) is 0 Å². The van der Waals surface area contributed by atoms with E-state index in [-0.39, 0.29) is 12.5 Å². The lowest BCUT2D eigenvalue weighted by molar-refractivity contribution is -0.142. The van der Waals surface area contributed by atoms with Crippen molar-refractivity contribution in [1.82, 2.24) is 9.80 Å². The van der Waals surface area contributed by atoms with E-state index in [1.165, 1.54) is 6.92 Å². The Hall–Kier alpha value is -1.10. The molecule has 0 spiro atoms. The maximum absolute atomic E-state index is 11.4. The van der Waals surface area contributed by atoms with E-state index in [1.807, 2.05) is 0 Å². The summed E-state index contributed by atoms with van der Waals surface area (Å²) in [6, 6.07) is 0. The number of hydrogen-bond donors (Lipinski definition) is 1. The number of rotatable bonds is 8. The van der Waals surface area contributed by atoms with Gasteiger partial charge in [0.25, 0.3) is 0 Å². The van der Waals surface area contributed by atoms with Crippen LogP contribution in [0, 0.1) is 5.92 Å². The Morgan fingerprint density at radius 1 is 1.18 bits per heavy atom. The lowest BCUT2D eigenvalue weighted by Gasteiger charge is -2.26. The SMILES string of the molecule is CCN(CC)CCN(CC(C)C(=O)O)C(C)=O. The van der Waals surface area contributed by atoms with Crippen LogP contribution in [-0.4, -0.2) is 59.5 Å². The smallest absolute Gasteiger partial charge is 0.308 e. The molecule has 0 aliphatic carbocycles. The third-order valence-corrected chi connectivity index (χ3v) is 2.94. The topological polar surface area (TPSA) is 60.9 Å². The third-order valence-electron chi connectivity index (χ3n) is 2.94. The van der Waals surface area contributed by atoms with Crippen LogP contribution < -0.4 is 0 Å². The first-order valence-corrected chi connectivity index (χ1v) is 6.13. The first-order valence-electron chi connectivity index (χ1n) is 6.13. The van der Waals surface area contributed by atoms with Crippen LogP contribution in [0.1, 0.15) is 27.7 Å². The normalized spacial score (nSPS) is 12.5. The highest BCUT2D eigenvalue weighted by Crippen LogP contribution is 2.01. The second-order valence-electron chi connectivity index (χ2n) is 4.23. The van der Waals surface area contributed by atoms with Crippen LogP contribution in [0.5, 0.6) is 0 Å². The van der Waals surface area contributed by atoms with Gasteiger partial charge in [-0.25, -0.2) is 0 Å². The van der Waals surface area contributed by atoms with E-state index < -0.39 is 11.9 Å². The van der Waals surface area contributed by atoms with Gasteiger partial charge in [-0.05, 0) is 13.1 Å². The van der Waals surface area contributed by atoms with E-state index in [9.17, 15) is 9.59 Å². The second kappa shape index (κ2) is 8.06. The van der Waals surface area contributed by atoms with Gasteiger partial charge in [0.15, 0.2) is 0 Å². The zero-order chi connectivity index (χ0) is 13.4. The summed E-state index contributed by atoms with van der Waals surface area (Å²) in [5, 5.41) is 8.83. The predicted molar refractivity (Wildman–Crippen MR) is 66.8 cm³/mol. The molecule has 0 aromatic heterocycles. The van der Waals surface area contributed by atoms with Crippen LogP contribution in [0.2, 0.25) is 0 Å². The minimum absolute atomic E-state index is 0.0646. The van der Waals surface area contributed by atoms with Crippen molar-refractivity contribution in [1.29, 1.82) is 0 Å². The zero-order valence-electron chi connectivity index (χ0n) is 11.3. The molecule has 1 unspecified atom stereocenters. The number of carboxylic acid groups (broad SMARTS) is 1. The average molecular weight is 244 g/mol. The van der Waals surface area contributed by atoms with E-state index in [1.54, 1.807) is 11.8 Å². The van der Waals surface area contributed by atoms with Crippen molar-refractivity contribution in [2.45, 2.75) is 27.7 Å². The molecule has 5 nitrogen and oxygen atoms in total. The molecular weight excluding hydrogens is 220 g/mol. The Balaban J connectivity index is 4.25. The Morgan fingerprint density at radius 2 is 1.71 bits per heavy atom. The molecule has 5 heteroatoms. The van der Waals surface area contributed by atoms with Crippen molar-refractivity contribution in [3.63, 3.8) is 0 Å². The highest BCUT2D eigenvalue weighted by molar-refractivity contribution is 5.75. The molecule has 0 aliphatic heterocycles.